The van der Waals surface area contributed by atoms with Crippen LogP contribution in [0.1, 0.15) is 12.0 Å². The van der Waals surface area contributed by atoms with Gasteiger partial charge in [0, 0.05) is 44.3 Å². The van der Waals surface area contributed by atoms with Crippen molar-refractivity contribution in [1.82, 2.24) is 9.80 Å². The average molecular weight is 399 g/mol. The molecule has 0 amide bonds. The van der Waals surface area contributed by atoms with Gasteiger partial charge in [-0.2, -0.15) is 0 Å². The summed E-state index contributed by atoms with van der Waals surface area (Å²) >= 11 is 0. The summed E-state index contributed by atoms with van der Waals surface area (Å²) in [5.41, 5.74) is 10.4. The molecular formula is C23H31FN4O. The van der Waals surface area contributed by atoms with Crippen LogP contribution in [-0.4, -0.2) is 69.3 Å². The molecule has 5 nitrogen and oxygen atoms in total. The molecule has 29 heavy (non-hydrogen) atoms. The van der Waals surface area contributed by atoms with E-state index in [-0.39, 0.29) is 5.82 Å². The summed E-state index contributed by atoms with van der Waals surface area (Å²) in [4.78, 5) is 6.79. The number of rotatable bonds is 5. The van der Waals surface area contributed by atoms with E-state index in [0.717, 1.165) is 63.6 Å². The Kier molecular flexibility index (Phi) is 6.04. The number of nitrogen functional groups attached to an aromatic ring is 1. The summed E-state index contributed by atoms with van der Waals surface area (Å²) in [6, 6.07) is 12.0. The van der Waals surface area contributed by atoms with Gasteiger partial charge in [-0.25, -0.2) is 4.39 Å². The Bertz CT molecular complexity index is 851. The first-order valence-corrected chi connectivity index (χ1v) is 10.4. The highest BCUT2D eigenvalue weighted by molar-refractivity contribution is 5.77. The first kappa shape index (κ1) is 20.1. The molecule has 0 bridgehead atoms. The van der Waals surface area contributed by atoms with Crippen LogP contribution >= 0.6 is 0 Å². The second kappa shape index (κ2) is 8.69. The van der Waals surface area contributed by atoms with Crippen molar-refractivity contribution in [1.29, 1.82) is 0 Å². The van der Waals surface area contributed by atoms with Gasteiger partial charge in [-0.3, -0.25) is 4.90 Å². The van der Waals surface area contributed by atoms with E-state index in [1.165, 1.54) is 5.56 Å². The number of morpholine rings is 1. The van der Waals surface area contributed by atoms with Gasteiger partial charge in [0.1, 0.15) is 5.82 Å². The van der Waals surface area contributed by atoms with E-state index >= 15 is 4.39 Å². The van der Waals surface area contributed by atoms with Crippen LogP contribution in [0.25, 0.3) is 11.1 Å². The van der Waals surface area contributed by atoms with E-state index in [9.17, 15) is 0 Å². The molecule has 2 fully saturated rings. The van der Waals surface area contributed by atoms with Crippen molar-refractivity contribution in [2.24, 2.45) is 0 Å². The van der Waals surface area contributed by atoms with E-state index < -0.39 is 0 Å². The van der Waals surface area contributed by atoms with E-state index in [0.29, 0.717) is 17.3 Å². The molecule has 1 unspecified atom stereocenters. The zero-order chi connectivity index (χ0) is 20.4. The number of halogens is 1. The molecule has 6 heteroatoms. The van der Waals surface area contributed by atoms with Gasteiger partial charge in [0.05, 0.1) is 24.6 Å². The van der Waals surface area contributed by atoms with Crippen LogP contribution in [0, 0.1) is 5.82 Å². The van der Waals surface area contributed by atoms with Gasteiger partial charge in [-0.05, 0) is 49.8 Å². The van der Waals surface area contributed by atoms with E-state index in [4.69, 9.17) is 10.5 Å². The van der Waals surface area contributed by atoms with Crippen LogP contribution in [0.2, 0.25) is 0 Å². The lowest BCUT2D eigenvalue weighted by Gasteiger charge is -2.26. The van der Waals surface area contributed by atoms with Gasteiger partial charge < -0.3 is 20.3 Å². The smallest absolute Gasteiger partial charge is 0.133 e. The second-order valence-corrected chi connectivity index (χ2v) is 8.33. The molecule has 2 aliphatic rings. The zero-order valence-electron chi connectivity index (χ0n) is 17.4. The summed E-state index contributed by atoms with van der Waals surface area (Å²) < 4.78 is 20.5. The second-order valence-electron chi connectivity index (χ2n) is 8.33. The van der Waals surface area contributed by atoms with Gasteiger partial charge >= 0.3 is 0 Å². The number of nitrogens with zero attached hydrogens (tertiary/aromatic N) is 3. The molecule has 1 atom stereocenters. The van der Waals surface area contributed by atoms with Crippen molar-refractivity contribution < 1.29 is 9.13 Å². The minimum atomic E-state index is -0.217. The van der Waals surface area contributed by atoms with Crippen LogP contribution in [0.3, 0.4) is 0 Å². The maximum atomic E-state index is 15.1. The topological polar surface area (TPSA) is 45.0 Å². The molecule has 2 aromatic rings. The zero-order valence-corrected chi connectivity index (χ0v) is 17.4. The fourth-order valence-corrected chi connectivity index (χ4v) is 4.31. The number of nitrogens with two attached hydrogens (primary N) is 1. The molecule has 0 radical (unpaired) electrons. The molecule has 2 aliphatic heterocycles. The summed E-state index contributed by atoms with van der Waals surface area (Å²) in [6.45, 7) is 6.06. The number of hydrogen-bond donors (Lipinski definition) is 1. The van der Waals surface area contributed by atoms with Crippen molar-refractivity contribution in [2.75, 3.05) is 64.1 Å². The Hall–Kier alpha value is -2.15. The van der Waals surface area contributed by atoms with Crippen LogP contribution in [0.15, 0.2) is 36.4 Å². The molecule has 2 saturated heterocycles. The lowest BCUT2D eigenvalue weighted by atomic mass is 10.0. The first-order chi connectivity index (χ1) is 14.0. The molecule has 0 aliphatic carbocycles. The summed E-state index contributed by atoms with van der Waals surface area (Å²) in [5.74, 6) is -0.217. The third-order valence-corrected chi connectivity index (χ3v) is 6.10. The number of anilines is 2. The van der Waals surface area contributed by atoms with Gasteiger partial charge in [-0.1, -0.05) is 18.2 Å². The summed E-state index contributed by atoms with van der Waals surface area (Å²) in [5, 5.41) is 0. The maximum absolute atomic E-state index is 15.1. The molecule has 2 aromatic carbocycles. The molecule has 0 aromatic heterocycles. The average Bonchev–Trinajstić information content (AvgIpc) is 3.21. The molecule has 2 heterocycles. The quantitative estimate of drug-likeness (QED) is 0.785. The van der Waals surface area contributed by atoms with Crippen LogP contribution in [-0.2, 0) is 11.3 Å². The minimum Gasteiger partial charge on any atom is -0.397 e. The SMILES string of the molecule is CN(C)C1CCN(c2cc(F)c(-c3cccc(CN4CCOCC4)c3)cc2N)C1. The van der Waals surface area contributed by atoms with Crippen molar-refractivity contribution in [2.45, 2.75) is 19.0 Å². The Morgan fingerprint density at radius 1 is 1.14 bits per heavy atom. The van der Waals surface area contributed by atoms with Gasteiger partial charge in [0.25, 0.3) is 0 Å². The number of ether oxygens (including phenoxy) is 1. The van der Waals surface area contributed by atoms with Crippen molar-refractivity contribution >= 4 is 11.4 Å². The molecule has 156 valence electrons. The number of benzene rings is 2. The lowest BCUT2D eigenvalue weighted by molar-refractivity contribution is 0.0342. The number of hydrogen-bond acceptors (Lipinski definition) is 5. The Morgan fingerprint density at radius 3 is 2.66 bits per heavy atom. The van der Waals surface area contributed by atoms with Gasteiger partial charge in [0.15, 0.2) is 0 Å². The number of likely N-dealkylation sites (N-methyl/N-ethyl adjacent to an activating group) is 1. The predicted molar refractivity (Wildman–Crippen MR) is 117 cm³/mol. The third-order valence-electron chi connectivity index (χ3n) is 6.10. The highest BCUT2D eigenvalue weighted by atomic mass is 19.1. The fraction of sp³-hybridized carbons (Fsp3) is 0.478. The molecular weight excluding hydrogens is 367 g/mol. The predicted octanol–water partition coefficient (Wildman–Crippen LogP) is 3.05. The monoisotopic (exact) mass is 398 g/mol. The maximum Gasteiger partial charge on any atom is 0.133 e. The Morgan fingerprint density at radius 2 is 1.93 bits per heavy atom. The fourth-order valence-electron chi connectivity index (χ4n) is 4.31. The standard InChI is InChI=1S/C23H31FN4O/c1-26(2)19-6-7-28(16-19)23-14-21(24)20(13-22(23)25)18-5-3-4-17(12-18)15-27-8-10-29-11-9-27/h3-5,12-14,19H,6-11,15-16,25H2,1-2H3. The normalized spacial score (nSPS) is 20.6. The largest absolute Gasteiger partial charge is 0.397 e. The summed E-state index contributed by atoms with van der Waals surface area (Å²) in [6.07, 6.45) is 1.07. The van der Waals surface area contributed by atoms with Gasteiger partial charge in [0.2, 0.25) is 0 Å². The molecule has 2 N–H and O–H groups in total. The minimum absolute atomic E-state index is 0.217. The lowest BCUT2D eigenvalue weighted by Crippen LogP contribution is -2.35. The molecule has 4 rings (SSSR count). The third kappa shape index (κ3) is 4.55. The highest BCUT2D eigenvalue weighted by Gasteiger charge is 2.26. The highest BCUT2D eigenvalue weighted by Crippen LogP contribution is 2.34. The Labute approximate surface area is 172 Å². The van der Waals surface area contributed by atoms with E-state index in [1.54, 1.807) is 12.1 Å². The van der Waals surface area contributed by atoms with Crippen molar-refractivity contribution in [3.05, 3.63) is 47.8 Å². The first-order valence-electron chi connectivity index (χ1n) is 10.4. The molecule has 0 saturated carbocycles. The van der Waals surface area contributed by atoms with Crippen LogP contribution in [0.5, 0.6) is 0 Å². The van der Waals surface area contributed by atoms with E-state index in [2.05, 4.69) is 40.9 Å². The van der Waals surface area contributed by atoms with Crippen LogP contribution in [0.4, 0.5) is 15.8 Å². The van der Waals surface area contributed by atoms with Gasteiger partial charge in [-0.15, -0.1) is 0 Å². The molecule has 0 spiro atoms. The van der Waals surface area contributed by atoms with Crippen LogP contribution < -0.4 is 10.6 Å². The van der Waals surface area contributed by atoms with Crippen molar-refractivity contribution in [3.63, 3.8) is 0 Å². The Balaban J connectivity index is 1.54. The summed E-state index contributed by atoms with van der Waals surface area (Å²) in [7, 11) is 4.18. The van der Waals surface area contributed by atoms with Crippen molar-refractivity contribution in [3.8, 4) is 11.1 Å². The van der Waals surface area contributed by atoms with E-state index in [1.807, 2.05) is 12.1 Å².